The first kappa shape index (κ1) is 9.74. The molecule has 0 radical (unpaired) electrons. The maximum Gasteiger partial charge on any atom is 0.0738 e. The van der Waals surface area contributed by atoms with E-state index in [0.717, 1.165) is 15.9 Å². The monoisotopic (exact) mass is 232 g/mol. The second kappa shape index (κ2) is 3.58. The van der Waals surface area contributed by atoms with Gasteiger partial charge in [-0.25, -0.2) is 0 Å². The number of rotatable bonds is 2. The lowest BCUT2D eigenvalue weighted by molar-refractivity contribution is 0.167. The average molecular weight is 233 g/mol. The van der Waals surface area contributed by atoms with Crippen LogP contribution in [-0.2, 0) is 6.54 Å². The Bertz CT molecular complexity index is 281. The van der Waals surface area contributed by atoms with E-state index < -0.39 is 0 Å². The summed E-state index contributed by atoms with van der Waals surface area (Å²) in [7, 11) is 0. The van der Waals surface area contributed by atoms with E-state index in [1.807, 2.05) is 18.5 Å². The third-order valence-corrected chi connectivity index (χ3v) is 2.88. The van der Waals surface area contributed by atoms with Crippen LogP contribution in [0.1, 0.15) is 18.3 Å². The van der Waals surface area contributed by atoms with Crippen LogP contribution in [0.3, 0.4) is 0 Å². The highest BCUT2D eigenvalue weighted by atomic mass is 79.9. The summed E-state index contributed by atoms with van der Waals surface area (Å²) in [6.07, 6.45) is -0.352. The van der Waals surface area contributed by atoms with Crippen molar-refractivity contribution in [3.8, 4) is 0 Å². The molecule has 4 heteroatoms. The molecule has 1 aromatic heterocycles. The molecule has 1 heterocycles. The first-order valence-corrected chi connectivity index (χ1v) is 4.69. The first-order valence-electron chi connectivity index (χ1n) is 3.90. The van der Waals surface area contributed by atoms with Gasteiger partial charge in [0.25, 0.3) is 0 Å². The van der Waals surface area contributed by atoms with Crippen molar-refractivity contribution in [2.45, 2.75) is 33.4 Å². The van der Waals surface area contributed by atoms with Crippen molar-refractivity contribution in [2.24, 2.45) is 0 Å². The molecule has 68 valence electrons. The van der Waals surface area contributed by atoms with Crippen molar-refractivity contribution >= 4 is 15.9 Å². The van der Waals surface area contributed by atoms with Crippen LogP contribution in [0.5, 0.6) is 0 Å². The highest BCUT2D eigenvalue weighted by Crippen LogP contribution is 2.19. The third kappa shape index (κ3) is 1.87. The average Bonchev–Trinajstić information content (AvgIpc) is 2.17. The van der Waals surface area contributed by atoms with Crippen LogP contribution < -0.4 is 0 Å². The Kier molecular flexibility index (Phi) is 2.90. The van der Waals surface area contributed by atoms with E-state index in [1.54, 1.807) is 6.92 Å². The van der Waals surface area contributed by atoms with Gasteiger partial charge in [0.2, 0.25) is 0 Å². The Morgan fingerprint density at radius 1 is 1.58 bits per heavy atom. The number of halogens is 1. The smallest absolute Gasteiger partial charge is 0.0738 e. The van der Waals surface area contributed by atoms with Crippen LogP contribution in [0, 0.1) is 13.8 Å². The van der Waals surface area contributed by atoms with Gasteiger partial charge >= 0.3 is 0 Å². The highest BCUT2D eigenvalue weighted by molar-refractivity contribution is 9.10. The van der Waals surface area contributed by atoms with Gasteiger partial charge in [0.05, 0.1) is 22.8 Å². The zero-order valence-corrected chi connectivity index (χ0v) is 9.09. The molecule has 1 N–H and O–H groups in total. The maximum atomic E-state index is 9.15. The molecule has 12 heavy (non-hydrogen) atoms. The standard InChI is InChI=1S/C8H13BrN2O/c1-5(12)4-11-7(3)8(9)6(2)10-11/h5,12H,4H2,1-3H3. The van der Waals surface area contributed by atoms with Crippen molar-refractivity contribution in [3.63, 3.8) is 0 Å². The van der Waals surface area contributed by atoms with Crippen LogP contribution in [0.2, 0.25) is 0 Å². The lowest BCUT2D eigenvalue weighted by atomic mass is 10.4. The highest BCUT2D eigenvalue weighted by Gasteiger charge is 2.09. The van der Waals surface area contributed by atoms with E-state index >= 15 is 0 Å². The Morgan fingerprint density at radius 2 is 2.17 bits per heavy atom. The molecule has 0 amide bonds. The molecule has 0 saturated heterocycles. The van der Waals surface area contributed by atoms with Crippen LogP contribution in [0.15, 0.2) is 4.47 Å². The fourth-order valence-corrected chi connectivity index (χ4v) is 1.39. The SMILES string of the molecule is Cc1nn(CC(C)O)c(C)c1Br. The second-order valence-corrected chi connectivity index (χ2v) is 3.81. The van der Waals surface area contributed by atoms with E-state index in [4.69, 9.17) is 5.11 Å². The van der Waals surface area contributed by atoms with E-state index in [1.165, 1.54) is 0 Å². The number of aryl methyl sites for hydroxylation is 1. The summed E-state index contributed by atoms with van der Waals surface area (Å²) < 4.78 is 2.84. The predicted molar refractivity (Wildman–Crippen MR) is 51.1 cm³/mol. The lowest BCUT2D eigenvalue weighted by Crippen LogP contribution is -2.14. The summed E-state index contributed by atoms with van der Waals surface area (Å²) in [6.45, 7) is 6.23. The van der Waals surface area contributed by atoms with Crippen molar-refractivity contribution in [3.05, 3.63) is 15.9 Å². The maximum absolute atomic E-state index is 9.15. The van der Waals surface area contributed by atoms with Gasteiger partial charge in [0, 0.05) is 5.69 Å². The molecule has 0 spiro atoms. The minimum Gasteiger partial charge on any atom is -0.391 e. The van der Waals surface area contributed by atoms with Gasteiger partial charge in [-0.1, -0.05) is 0 Å². The van der Waals surface area contributed by atoms with E-state index in [0.29, 0.717) is 6.54 Å². The topological polar surface area (TPSA) is 38.0 Å². The summed E-state index contributed by atoms with van der Waals surface area (Å²) in [6, 6.07) is 0. The van der Waals surface area contributed by atoms with Gasteiger partial charge in [-0.15, -0.1) is 0 Å². The number of hydrogen-bond acceptors (Lipinski definition) is 2. The Labute approximate surface area is 80.5 Å². The molecule has 0 aromatic carbocycles. The Morgan fingerprint density at radius 3 is 2.50 bits per heavy atom. The molecule has 0 fully saturated rings. The molecule has 1 atom stereocenters. The fourth-order valence-electron chi connectivity index (χ4n) is 1.10. The molecule has 1 rings (SSSR count). The van der Waals surface area contributed by atoms with Gasteiger partial charge in [-0.2, -0.15) is 5.10 Å². The van der Waals surface area contributed by atoms with Gasteiger partial charge in [-0.05, 0) is 36.7 Å². The molecular formula is C8H13BrN2O. The van der Waals surface area contributed by atoms with Crippen LogP contribution in [-0.4, -0.2) is 21.0 Å². The summed E-state index contributed by atoms with van der Waals surface area (Å²) in [4.78, 5) is 0. The normalized spacial score (nSPS) is 13.4. The molecule has 0 bridgehead atoms. The Balaban J connectivity index is 2.93. The molecule has 1 unspecified atom stereocenters. The largest absolute Gasteiger partial charge is 0.391 e. The van der Waals surface area contributed by atoms with E-state index in [2.05, 4.69) is 21.0 Å². The number of nitrogens with zero attached hydrogens (tertiary/aromatic N) is 2. The van der Waals surface area contributed by atoms with Crippen molar-refractivity contribution in [1.29, 1.82) is 0 Å². The fraction of sp³-hybridized carbons (Fsp3) is 0.625. The first-order chi connectivity index (χ1) is 5.52. The minimum atomic E-state index is -0.352. The summed E-state index contributed by atoms with van der Waals surface area (Å²) in [5.74, 6) is 0. The lowest BCUT2D eigenvalue weighted by Gasteiger charge is -2.05. The zero-order chi connectivity index (χ0) is 9.30. The molecular weight excluding hydrogens is 220 g/mol. The molecule has 0 saturated carbocycles. The van der Waals surface area contributed by atoms with Crippen molar-refractivity contribution in [2.75, 3.05) is 0 Å². The van der Waals surface area contributed by atoms with Gasteiger partial charge in [0.15, 0.2) is 0 Å². The van der Waals surface area contributed by atoms with Gasteiger partial charge < -0.3 is 5.11 Å². The Hall–Kier alpha value is -0.350. The van der Waals surface area contributed by atoms with E-state index in [-0.39, 0.29) is 6.10 Å². The quantitative estimate of drug-likeness (QED) is 0.843. The number of hydrogen-bond donors (Lipinski definition) is 1. The van der Waals surface area contributed by atoms with Crippen molar-refractivity contribution < 1.29 is 5.11 Å². The zero-order valence-electron chi connectivity index (χ0n) is 7.50. The second-order valence-electron chi connectivity index (χ2n) is 3.02. The molecule has 1 aromatic rings. The molecule has 0 aliphatic carbocycles. The minimum absolute atomic E-state index is 0.352. The summed E-state index contributed by atoms with van der Waals surface area (Å²) >= 11 is 3.42. The third-order valence-electron chi connectivity index (χ3n) is 1.73. The van der Waals surface area contributed by atoms with Crippen LogP contribution in [0.25, 0.3) is 0 Å². The van der Waals surface area contributed by atoms with Crippen molar-refractivity contribution in [1.82, 2.24) is 9.78 Å². The number of aliphatic hydroxyl groups is 1. The van der Waals surface area contributed by atoms with Gasteiger partial charge in [0.1, 0.15) is 0 Å². The van der Waals surface area contributed by atoms with Crippen LogP contribution >= 0.6 is 15.9 Å². The summed E-state index contributed by atoms with van der Waals surface area (Å²) in [5, 5.41) is 13.4. The predicted octanol–water partition coefficient (Wildman–Crippen LogP) is 1.64. The van der Waals surface area contributed by atoms with E-state index in [9.17, 15) is 0 Å². The number of aromatic nitrogens is 2. The van der Waals surface area contributed by atoms with Gasteiger partial charge in [-0.3, -0.25) is 4.68 Å². The molecule has 0 aliphatic heterocycles. The molecule has 0 aliphatic rings. The van der Waals surface area contributed by atoms with Crippen LogP contribution in [0.4, 0.5) is 0 Å². The molecule has 3 nitrogen and oxygen atoms in total. The summed E-state index contributed by atoms with van der Waals surface area (Å²) in [5.41, 5.74) is 2.03. The number of aliphatic hydroxyl groups excluding tert-OH is 1.